The highest BCUT2D eigenvalue weighted by atomic mass is 31.2. The van der Waals surface area contributed by atoms with Gasteiger partial charge in [-0.25, -0.2) is 0 Å². The van der Waals surface area contributed by atoms with Crippen LogP contribution in [0.15, 0.2) is 30.3 Å². The Morgan fingerprint density at radius 3 is 2.45 bits per heavy atom. The van der Waals surface area contributed by atoms with Crippen molar-refractivity contribution in [1.29, 1.82) is 0 Å². The van der Waals surface area contributed by atoms with Gasteiger partial charge in [0.1, 0.15) is 6.79 Å². The zero-order chi connectivity index (χ0) is 14.4. The highest BCUT2D eigenvalue weighted by Crippen LogP contribution is 2.50. The monoisotopic (exact) mass is 300 g/mol. The van der Waals surface area contributed by atoms with Crippen LogP contribution in [-0.4, -0.2) is 27.1 Å². The van der Waals surface area contributed by atoms with Crippen LogP contribution in [-0.2, 0) is 23.0 Å². The second kappa shape index (κ2) is 7.46. The molecule has 1 fully saturated rings. The maximum absolute atomic E-state index is 5.79. The molecule has 1 aromatic carbocycles. The fourth-order valence-electron chi connectivity index (χ4n) is 1.60. The van der Waals surface area contributed by atoms with Crippen molar-refractivity contribution in [3.63, 3.8) is 0 Å². The number of rotatable bonds is 6. The van der Waals surface area contributed by atoms with Crippen LogP contribution in [0.3, 0.4) is 0 Å². The number of ether oxygens (including phenoxy) is 2. The van der Waals surface area contributed by atoms with Crippen LogP contribution in [0, 0.1) is 5.41 Å². The fourth-order valence-corrected chi connectivity index (χ4v) is 3.05. The third-order valence-electron chi connectivity index (χ3n) is 2.71. The zero-order valence-corrected chi connectivity index (χ0v) is 13.0. The van der Waals surface area contributed by atoms with Gasteiger partial charge in [-0.3, -0.25) is 4.52 Å². The largest absolute Gasteiger partial charge is 0.359 e. The fraction of sp³-hybridized carbons (Fsp3) is 0.571. The molecule has 1 atom stereocenters. The molecular formula is C14H21O5P. The van der Waals surface area contributed by atoms with Gasteiger partial charge in [-0.15, -0.1) is 0 Å². The SMILES string of the molecule is COCOC(OP1OCC(C)(C)CO1)c1ccccc1. The molecule has 0 spiro atoms. The highest BCUT2D eigenvalue weighted by molar-refractivity contribution is 7.41. The molecule has 5 nitrogen and oxygen atoms in total. The normalized spacial score (nSPS) is 20.8. The molecular weight excluding hydrogens is 279 g/mol. The van der Waals surface area contributed by atoms with Crippen molar-refractivity contribution < 1.29 is 23.0 Å². The molecule has 1 aliphatic heterocycles. The molecule has 1 aliphatic rings. The van der Waals surface area contributed by atoms with E-state index >= 15 is 0 Å². The molecule has 0 radical (unpaired) electrons. The van der Waals surface area contributed by atoms with Gasteiger partial charge in [-0.1, -0.05) is 44.2 Å². The summed E-state index contributed by atoms with van der Waals surface area (Å²) in [6.07, 6.45) is -0.552. The maximum atomic E-state index is 5.79. The maximum Gasteiger partial charge on any atom is 0.335 e. The van der Waals surface area contributed by atoms with E-state index in [1.165, 1.54) is 0 Å². The molecule has 0 aromatic heterocycles. The van der Waals surface area contributed by atoms with E-state index in [4.69, 9.17) is 23.0 Å². The average Bonchev–Trinajstić information content (AvgIpc) is 2.46. The number of methoxy groups -OCH3 is 1. The summed E-state index contributed by atoms with van der Waals surface area (Å²) in [6, 6.07) is 9.67. The predicted molar refractivity (Wildman–Crippen MR) is 75.8 cm³/mol. The first-order chi connectivity index (χ1) is 9.61. The predicted octanol–water partition coefficient (Wildman–Crippen LogP) is 3.62. The first-order valence-electron chi connectivity index (χ1n) is 6.49. The van der Waals surface area contributed by atoms with E-state index in [1.807, 2.05) is 30.3 Å². The summed E-state index contributed by atoms with van der Waals surface area (Å²) >= 11 is 0. The van der Waals surface area contributed by atoms with Crippen molar-refractivity contribution >= 4 is 8.60 Å². The molecule has 0 saturated carbocycles. The van der Waals surface area contributed by atoms with Crippen molar-refractivity contribution in [2.75, 3.05) is 27.1 Å². The average molecular weight is 300 g/mol. The molecule has 1 heterocycles. The van der Waals surface area contributed by atoms with Gasteiger partial charge in [-0.2, -0.15) is 0 Å². The summed E-state index contributed by atoms with van der Waals surface area (Å²) in [5.74, 6) is 0. The van der Waals surface area contributed by atoms with Crippen LogP contribution in [0.2, 0.25) is 0 Å². The van der Waals surface area contributed by atoms with E-state index in [0.29, 0.717) is 13.2 Å². The second-order valence-electron chi connectivity index (χ2n) is 5.36. The van der Waals surface area contributed by atoms with Gasteiger partial charge < -0.3 is 18.5 Å². The molecule has 20 heavy (non-hydrogen) atoms. The number of benzene rings is 1. The Balaban J connectivity index is 1.94. The molecule has 0 bridgehead atoms. The lowest BCUT2D eigenvalue weighted by Gasteiger charge is -2.34. The van der Waals surface area contributed by atoms with Crippen LogP contribution >= 0.6 is 8.60 Å². The van der Waals surface area contributed by atoms with Crippen molar-refractivity contribution in [3.05, 3.63) is 35.9 Å². The summed E-state index contributed by atoms with van der Waals surface area (Å²) in [7, 11) is 0.183. The summed E-state index contributed by atoms with van der Waals surface area (Å²) < 4.78 is 27.5. The van der Waals surface area contributed by atoms with Gasteiger partial charge >= 0.3 is 8.60 Å². The lowest BCUT2D eigenvalue weighted by Crippen LogP contribution is -2.29. The highest BCUT2D eigenvalue weighted by Gasteiger charge is 2.32. The quantitative estimate of drug-likeness (QED) is 0.593. The van der Waals surface area contributed by atoms with Crippen LogP contribution in [0.25, 0.3) is 0 Å². The molecule has 2 rings (SSSR count). The molecule has 1 unspecified atom stereocenters. The Kier molecular flexibility index (Phi) is 5.90. The van der Waals surface area contributed by atoms with Gasteiger partial charge in [0.05, 0.1) is 13.2 Å². The van der Waals surface area contributed by atoms with Crippen LogP contribution in [0.5, 0.6) is 0 Å². The first-order valence-corrected chi connectivity index (χ1v) is 7.58. The second-order valence-corrected chi connectivity index (χ2v) is 6.53. The van der Waals surface area contributed by atoms with Crippen LogP contribution < -0.4 is 0 Å². The van der Waals surface area contributed by atoms with Gasteiger partial charge in [-0.05, 0) is 0 Å². The van der Waals surface area contributed by atoms with Gasteiger partial charge in [0.15, 0.2) is 6.29 Å². The molecule has 0 amide bonds. The number of hydrogen-bond acceptors (Lipinski definition) is 5. The minimum Gasteiger partial charge on any atom is -0.359 e. The Labute approximate surface area is 121 Å². The minimum atomic E-state index is -1.39. The molecule has 0 aliphatic carbocycles. The molecule has 0 N–H and O–H groups in total. The topological polar surface area (TPSA) is 46.2 Å². The van der Waals surface area contributed by atoms with E-state index in [2.05, 4.69) is 13.8 Å². The van der Waals surface area contributed by atoms with Gasteiger partial charge in [0.2, 0.25) is 0 Å². The Morgan fingerprint density at radius 2 is 1.85 bits per heavy atom. The van der Waals surface area contributed by atoms with Crippen LogP contribution in [0.1, 0.15) is 25.7 Å². The lowest BCUT2D eigenvalue weighted by atomic mass is 9.97. The van der Waals surface area contributed by atoms with Crippen molar-refractivity contribution in [1.82, 2.24) is 0 Å². The zero-order valence-electron chi connectivity index (χ0n) is 12.1. The van der Waals surface area contributed by atoms with E-state index in [1.54, 1.807) is 7.11 Å². The summed E-state index contributed by atoms with van der Waals surface area (Å²) in [4.78, 5) is 0. The summed E-state index contributed by atoms with van der Waals surface area (Å²) in [5, 5.41) is 0. The van der Waals surface area contributed by atoms with E-state index in [-0.39, 0.29) is 12.2 Å². The summed E-state index contributed by atoms with van der Waals surface area (Å²) in [5.41, 5.74) is 0.932. The molecule has 1 saturated heterocycles. The first kappa shape index (κ1) is 15.8. The van der Waals surface area contributed by atoms with Crippen molar-refractivity contribution in [3.8, 4) is 0 Å². The molecule has 6 heteroatoms. The standard InChI is InChI=1S/C14H21O5P/c1-14(2)9-17-20(18-10-14)19-13(16-11-15-3)12-7-5-4-6-8-12/h4-8,13H,9-11H2,1-3H3. The third kappa shape index (κ3) is 4.77. The van der Waals surface area contributed by atoms with Gasteiger partial charge in [0, 0.05) is 18.1 Å². The van der Waals surface area contributed by atoms with Crippen molar-refractivity contribution in [2.24, 2.45) is 5.41 Å². The Morgan fingerprint density at radius 1 is 1.20 bits per heavy atom. The van der Waals surface area contributed by atoms with Crippen LogP contribution in [0.4, 0.5) is 0 Å². The smallest absolute Gasteiger partial charge is 0.335 e. The number of hydrogen-bond donors (Lipinski definition) is 0. The Bertz CT molecular complexity index is 388. The Hall–Kier alpha value is -0.550. The van der Waals surface area contributed by atoms with E-state index in [9.17, 15) is 0 Å². The summed E-state index contributed by atoms with van der Waals surface area (Å²) in [6.45, 7) is 5.56. The van der Waals surface area contributed by atoms with Crippen molar-refractivity contribution in [2.45, 2.75) is 20.1 Å². The minimum absolute atomic E-state index is 0.0256. The van der Waals surface area contributed by atoms with Gasteiger partial charge in [0.25, 0.3) is 0 Å². The molecule has 112 valence electrons. The lowest BCUT2D eigenvalue weighted by molar-refractivity contribution is -0.160. The third-order valence-corrected chi connectivity index (χ3v) is 3.76. The van der Waals surface area contributed by atoms with E-state index < -0.39 is 14.9 Å². The molecule has 1 aromatic rings. The van der Waals surface area contributed by atoms with E-state index in [0.717, 1.165) is 5.56 Å².